The summed E-state index contributed by atoms with van der Waals surface area (Å²) in [6.07, 6.45) is 4.30. The van der Waals surface area contributed by atoms with E-state index in [1.165, 1.54) is 17.7 Å². The van der Waals surface area contributed by atoms with E-state index in [-0.39, 0.29) is 12.1 Å². The smallest absolute Gasteiger partial charge is 0.317 e. The van der Waals surface area contributed by atoms with Gasteiger partial charge < -0.3 is 19.6 Å². The number of fused-ring (bicyclic) bond motifs is 1. The molecule has 6 heteroatoms. The highest BCUT2D eigenvalue weighted by atomic mass is 16.5. The molecular formula is C21H28N4O2. The van der Waals surface area contributed by atoms with Crippen molar-refractivity contribution >= 4 is 11.7 Å². The molecule has 3 heterocycles. The SMILES string of the molecule is Cc1noc(C)c1[C@H]1CCCN1C(=O)NCCN1CCCc2ccccc21. The topological polar surface area (TPSA) is 61.6 Å². The lowest BCUT2D eigenvalue weighted by molar-refractivity contribution is 0.193. The molecule has 144 valence electrons. The number of hydrogen-bond acceptors (Lipinski definition) is 4. The molecule has 1 fully saturated rings. The Labute approximate surface area is 160 Å². The number of likely N-dealkylation sites (tertiary alicyclic amines) is 1. The number of nitrogens with zero attached hydrogens (tertiary/aromatic N) is 3. The van der Waals surface area contributed by atoms with Crippen LogP contribution < -0.4 is 10.2 Å². The van der Waals surface area contributed by atoms with Gasteiger partial charge in [-0.15, -0.1) is 0 Å². The third-order valence-electron chi connectivity index (χ3n) is 5.80. The summed E-state index contributed by atoms with van der Waals surface area (Å²) in [4.78, 5) is 17.1. The summed E-state index contributed by atoms with van der Waals surface area (Å²) < 4.78 is 5.31. The predicted octanol–water partition coefficient (Wildman–Crippen LogP) is 3.59. The van der Waals surface area contributed by atoms with E-state index >= 15 is 0 Å². The van der Waals surface area contributed by atoms with Crippen molar-refractivity contribution in [3.8, 4) is 0 Å². The molecule has 1 N–H and O–H groups in total. The highest BCUT2D eigenvalue weighted by molar-refractivity contribution is 5.75. The van der Waals surface area contributed by atoms with Crippen LogP contribution in [0.25, 0.3) is 0 Å². The first-order chi connectivity index (χ1) is 13.1. The summed E-state index contributed by atoms with van der Waals surface area (Å²) in [5.74, 6) is 0.821. The molecule has 2 aliphatic rings. The fourth-order valence-electron chi connectivity index (χ4n) is 4.52. The first kappa shape index (κ1) is 17.9. The van der Waals surface area contributed by atoms with E-state index in [1.54, 1.807) is 0 Å². The van der Waals surface area contributed by atoms with Crippen molar-refractivity contribution in [2.45, 2.75) is 45.6 Å². The van der Waals surface area contributed by atoms with Crippen LogP contribution in [-0.2, 0) is 6.42 Å². The number of amides is 2. The van der Waals surface area contributed by atoms with Crippen molar-refractivity contribution in [2.75, 3.05) is 31.1 Å². The lowest BCUT2D eigenvalue weighted by Crippen LogP contribution is -2.43. The summed E-state index contributed by atoms with van der Waals surface area (Å²) in [5, 5.41) is 7.19. The van der Waals surface area contributed by atoms with Gasteiger partial charge in [0, 0.05) is 37.4 Å². The van der Waals surface area contributed by atoms with Crippen LogP contribution >= 0.6 is 0 Å². The highest BCUT2D eigenvalue weighted by Gasteiger charge is 2.33. The Kier molecular flexibility index (Phi) is 5.05. The number of rotatable bonds is 4. The number of aromatic nitrogens is 1. The minimum atomic E-state index is 0.0165. The number of benzene rings is 1. The zero-order chi connectivity index (χ0) is 18.8. The van der Waals surface area contributed by atoms with Gasteiger partial charge in [-0.3, -0.25) is 0 Å². The maximum Gasteiger partial charge on any atom is 0.317 e. The molecule has 2 aliphatic heterocycles. The summed E-state index contributed by atoms with van der Waals surface area (Å²) >= 11 is 0. The van der Waals surface area contributed by atoms with Gasteiger partial charge >= 0.3 is 6.03 Å². The second-order valence-electron chi connectivity index (χ2n) is 7.54. The third kappa shape index (κ3) is 3.53. The standard InChI is InChI=1S/C21H28N4O2/c1-15-20(16(2)27-23-15)19-10-6-13-25(19)21(26)22-11-14-24-12-5-8-17-7-3-4-9-18(17)24/h3-4,7,9,19H,5-6,8,10-14H2,1-2H3,(H,22,26)/t19-/m1/s1. The molecule has 2 aromatic rings. The Balaban J connectivity index is 1.36. The number of aryl methyl sites for hydroxylation is 3. The third-order valence-corrected chi connectivity index (χ3v) is 5.80. The van der Waals surface area contributed by atoms with E-state index in [2.05, 4.69) is 39.6 Å². The van der Waals surface area contributed by atoms with Crippen LogP contribution in [0.3, 0.4) is 0 Å². The van der Waals surface area contributed by atoms with Crippen molar-refractivity contribution in [2.24, 2.45) is 0 Å². The molecule has 1 aromatic heterocycles. The second-order valence-corrected chi connectivity index (χ2v) is 7.54. The zero-order valence-electron chi connectivity index (χ0n) is 16.2. The minimum absolute atomic E-state index is 0.0165. The van der Waals surface area contributed by atoms with Gasteiger partial charge in [0.15, 0.2) is 0 Å². The van der Waals surface area contributed by atoms with E-state index < -0.39 is 0 Å². The van der Waals surface area contributed by atoms with Gasteiger partial charge in [-0.2, -0.15) is 0 Å². The van der Waals surface area contributed by atoms with E-state index in [0.29, 0.717) is 6.54 Å². The first-order valence-electron chi connectivity index (χ1n) is 9.95. The summed E-state index contributed by atoms with van der Waals surface area (Å²) in [7, 11) is 0. The van der Waals surface area contributed by atoms with Crippen LogP contribution in [0.4, 0.5) is 10.5 Å². The summed E-state index contributed by atoms with van der Waals surface area (Å²) in [6.45, 7) is 7.21. The molecule has 27 heavy (non-hydrogen) atoms. The monoisotopic (exact) mass is 368 g/mol. The van der Waals surface area contributed by atoms with Crippen LogP contribution in [-0.4, -0.2) is 42.3 Å². The van der Waals surface area contributed by atoms with Crippen molar-refractivity contribution in [1.82, 2.24) is 15.4 Å². The number of nitrogens with one attached hydrogen (secondary N) is 1. The summed E-state index contributed by atoms with van der Waals surface area (Å²) in [5.41, 5.74) is 4.69. The van der Waals surface area contributed by atoms with Crippen molar-refractivity contribution in [1.29, 1.82) is 0 Å². The van der Waals surface area contributed by atoms with Crippen molar-refractivity contribution in [3.05, 3.63) is 46.8 Å². The molecule has 2 amide bonds. The fraction of sp³-hybridized carbons (Fsp3) is 0.524. The van der Waals surface area contributed by atoms with Gasteiger partial charge in [-0.1, -0.05) is 23.4 Å². The number of anilines is 1. The van der Waals surface area contributed by atoms with Crippen LogP contribution in [0.5, 0.6) is 0 Å². The molecule has 0 bridgehead atoms. The lowest BCUT2D eigenvalue weighted by Gasteiger charge is -2.32. The molecule has 1 atom stereocenters. The maximum atomic E-state index is 12.8. The van der Waals surface area contributed by atoms with Gasteiger partial charge in [0.2, 0.25) is 0 Å². The highest BCUT2D eigenvalue weighted by Crippen LogP contribution is 2.35. The van der Waals surface area contributed by atoms with Gasteiger partial charge in [0.05, 0.1) is 11.7 Å². The number of urea groups is 1. The molecule has 6 nitrogen and oxygen atoms in total. The second kappa shape index (κ2) is 7.62. The summed E-state index contributed by atoms with van der Waals surface area (Å²) in [6, 6.07) is 8.68. The first-order valence-corrected chi connectivity index (χ1v) is 9.95. The minimum Gasteiger partial charge on any atom is -0.370 e. The van der Waals surface area contributed by atoms with E-state index in [9.17, 15) is 4.79 Å². The number of carbonyl (C=O) groups is 1. The fourth-order valence-corrected chi connectivity index (χ4v) is 4.52. The Hall–Kier alpha value is -2.50. The molecule has 1 aromatic carbocycles. The van der Waals surface area contributed by atoms with Crippen LogP contribution in [0, 0.1) is 13.8 Å². The van der Waals surface area contributed by atoms with Gasteiger partial charge in [0.1, 0.15) is 5.76 Å². The predicted molar refractivity (Wildman–Crippen MR) is 105 cm³/mol. The molecule has 0 unspecified atom stereocenters. The Morgan fingerprint density at radius 3 is 2.93 bits per heavy atom. The molecule has 0 spiro atoms. The number of para-hydroxylation sites is 1. The van der Waals surface area contributed by atoms with Crippen LogP contribution in [0.15, 0.2) is 28.8 Å². The normalized spacial score (nSPS) is 19.3. The number of hydrogen-bond donors (Lipinski definition) is 1. The van der Waals surface area contributed by atoms with Crippen LogP contribution in [0.2, 0.25) is 0 Å². The number of carbonyl (C=O) groups excluding carboxylic acids is 1. The lowest BCUT2D eigenvalue weighted by atomic mass is 10.0. The van der Waals surface area contributed by atoms with Gasteiger partial charge in [-0.05, 0) is 51.2 Å². The maximum absolute atomic E-state index is 12.8. The molecule has 1 saturated heterocycles. The van der Waals surface area contributed by atoms with Crippen molar-refractivity contribution < 1.29 is 9.32 Å². The zero-order valence-corrected chi connectivity index (χ0v) is 16.2. The van der Waals surface area contributed by atoms with Crippen LogP contribution in [0.1, 0.15) is 47.9 Å². The Morgan fingerprint density at radius 1 is 1.26 bits per heavy atom. The Bertz CT molecular complexity index is 797. The molecule has 0 aliphatic carbocycles. The van der Waals surface area contributed by atoms with E-state index in [1.807, 2.05) is 18.7 Å². The van der Waals surface area contributed by atoms with E-state index in [4.69, 9.17) is 4.52 Å². The van der Waals surface area contributed by atoms with Gasteiger partial charge in [0.25, 0.3) is 0 Å². The largest absolute Gasteiger partial charge is 0.370 e. The molecule has 4 rings (SSSR count). The van der Waals surface area contributed by atoms with Gasteiger partial charge in [-0.25, -0.2) is 4.79 Å². The quantitative estimate of drug-likeness (QED) is 0.896. The average molecular weight is 368 g/mol. The van der Waals surface area contributed by atoms with Crippen molar-refractivity contribution in [3.63, 3.8) is 0 Å². The molecular weight excluding hydrogens is 340 g/mol. The molecule has 0 radical (unpaired) electrons. The molecule has 0 saturated carbocycles. The average Bonchev–Trinajstić information content (AvgIpc) is 3.28. The Morgan fingerprint density at radius 2 is 2.11 bits per heavy atom. The van der Waals surface area contributed by atoms with E-state index in [0.717, 1.165) is 55.9 Å².